The molecule has 0 radical (unpaired) electrons. The number of nitrogens with one attached hydrogen (secondary N) is 4. The van der Waals surface area contributed by atoms with Gasteiger partial charge in [-0.2, -0.15) is 5.10 Å². The van der Waals surface area contributed by atoms with Gasteiger partial charge in [0.05, 0.1) is 6.10 Å². The molecule has 1 aromatic heterocycles. The molecule has 2 amide bonds. The lowest BCUT2D eigenvalue weighted by Crippen LogP contribution is -2.35. The van der Waals surface area contributed by atoms with Crippen LogP contribution in [-0.2, 0) is 12.8 Å². The van der Waals surface area contributed by atoms with E-state index in [1.165, 1.54) is 0 Å². The van der Waals surface area contributed by atoms with Gasteiger partial charge >= 0.3 is 0 Å². The second-order valence-electron chi connectivity index (χ2n) is 10.3. The first kappa shape index (κ1) is 25.6. The Morgan fingerprint density at radius 2 is 1.35 bits per heavy atom. The number of aromatic amines is 1. The monoisotopic (exact) mass is 536 g/mol. The third-order valence-electron chi connectivity index (χ3n) is 7.55. The number of hydrogen-bond acceptors (Lipinski definition) is 6. The lowest BCUT2D eigenvalue weighted by molar-refractivity contribution is 0.101. The summed E-state index contributed by atoms with van der Waals surface area (Å²) in [6.07, 6.45) is 4.21. The van der Waals surface area contributed by atoms with E-state index in [-0.39, 0.29) is 17.9 Å². The standard InChI is InChI=1S/C31H32N6O3/c38-26-16-18-37(19-17-26)25-14-4-20(5-15-25)30(39)33-23-10-6-21(7-11-23)32-22-8-12-24(13-9-22)34-31(40)29-27-2-1-3-28(27)35-36-29/h4-15,26,32,38H,1-3,16-19H2,(H,33,39)(H,34,40)(H,35,36). The first-order valence-electron chi connectivity index (χ1n) is 13.7. The zero-order valence-electron chi connectivity index (χ0n) is 22.1. The summed E-state index contributed by atoms with van der Waals surface area (Å²) >= 11 is 0. The van der Waals surface area contributed by atoms with E-state index >= 15 is 0 Å². The molecule has 4 aromatic rings. The SMILES string of the molecule is O=C(Nc1ccc(Nc2ccc(NC(=O)c3n[nH]c4c3CCC4)cc2)cc1)c1ccc(N2CCC(O)CC2)cc1. The van der Waals surface area contributed by atoms with Gasteiger partial charge < -0.3 is 26.0 Å². The van der Waals surface area contributed by atoms with Crippen molar-refractivity contribution in [3.05, 3.63) is 95.3 Å². The van der Waals surface area contributed by atoms with E-state index in [2.05, 4.69) is 31.0 Å². The Morgan fingerprint density at radius 1 is 0.775 bits per heavy atom. The summed E-state index contributed by atoms with van der Waals surface area (Å²) in [5.41, 5.74) is 7.39. The number of nitrogens with zero attached hydrogens (tertiary/aromatic N) is 2. The summed E-state index contributed by atoms with van der Waals surface area (Å²) in [4.78, 5) is 27.6. The second-order valence-corrected chi connectivity index (χ2v) is 10.3. The molecule has 6 rings (SSSR count). The van der Waals surface area contributed by atoms with E-state index in [0.717, 1.165) is 73.5 Å². The van der Waals surface area contributed by atoms with Gasteiger partial charge in [0.2, 0.25) is 0 Å². The highest BCUT2D eigenvalue weighted by molar-refractivity contribution is 6.05. The molecular weight excluding hydrogens is 504 g/mol. The van der Waals surface area contributed by atoms with Crippen LogP contribution in [0.1, 0.15) is 51.4 Å². The number of piperidine rings is 1. The van der Waals surface area contributed by atoms with Gasteiger partial charge in [0.1, 0.15) is 0 Å². The largest absolute Gasteiger partial charge is 0.393 e. The van der Waals surface area contributed by atoms with E-state index in [1.807, 2.05) is 72.8 Å². The van der Waals surface area contributed by atoms with Crippen LogP contribution in [0.25, 0.3) is 0 Å². The molecular formula is C31H32N6O3. The Balaban J connectivity index is 1.01. The molecule has 0 atom stereocenters. The van der Waals surface area contributed by atoms with Crippen molar-refractivity contribution in [3.63, 3.8) is 0 Å². The summed E-state index contributed by atoms with van der Waals surface area (Å²) in [7, 11) is 0. The second kappa shape index (κ2) is 11.2. The number of carbonyl (C=O) groups excluding carboxylic acids is 2. The van der Waals surface area contributed by atoms with Crippen molar-refractivity contribution >= 4 is 40.3 Å². The first-order chi connectivity index (χ1) is 19.5. The molecule has 1 saturated heterocycles. The van der Waals surface area contributed by atoms with Crippen LogP contribution < -0.4 is 20.9 Å². The van der Waals surface area contributed by atoms with E-state index in [1.54, 1.807) is 0 Å². The third-order valence-corrected chi connectivity index (χ3v) is 7.55. The molecule has 9 nitrogen and oxygen atoms in total. The quantitative estimate of drug-likeness (QED) is 0.224. The molecule has 5 N–H and O–H groups in total. The molecule has 0 unspecified atom stereocenters. The number of anilines is 5. The maximum absolute atomic E-state index is 12.8. The number of aryl methyl sites for hydroxylation is 1. The highest BCUT2D eigenvalue weighted by Crippen LogP contribution is 2.25. The Bertz CT molecular complexity index is 1490. The van der Waals surface area contributed by atoms with E-state index < -0.39 is 0 Å². The van der Waals surface area contributed by atoms with Crippen LogP contribution in [0.2, 0.25) is 0 Å². The Morgan fingerprint density at radius 3 is 1.98 bits per heavy atom. The van der Waals surface area contributed by atoms with Gasteiger partial charge in [0.25, 0.3) is 11.8 Å². The fourth-order valence-corrected chi connectivity index (χ4v) is 5.29. The van der Waals surface area contributed by atoms with Crippen molar-refractivity contribution in [2.75, 3.05) is 33.9 Å². The number of rotatable bonds is 7. The van der Waals surface area contributed by atoms with E-state index in [0.29, 0.717) is 22.6 Å². The molecule has 1 aliphatic heterocycles. The molecule has 0 bridgehead atoms. The minimum absolute atomic E-state index is 0.168. The smallest absolute Gasteiger partial charge is 0.276 e. The fraction of sp³-hybridized carbons (Fsp3) is 0.258. The Hall–Kier alpha value is -4.63. The number of hydrogen-bond donors (Lipinski definition) is 5. The number of benzene rings is 3. The normalized spacial score (nSPS) is 15.0. The maximum Gasteiger partial charge on any atom is 0.276 e. The van der Waals surface area contributed by atoms with Crippen LogP contribution in [-0.4, -0.2) is 46.3 Å². The van der Waals surface area contributed by atoms with Crippen molar-refractivity contribution in [1.29, 1.82) is 0 Å². The summed E-state index contributed by atoms with van der Waals surface area (Å²) in [5.74, 6) is -0.366. The van der Waals surface area contributed by atoms with Crippen molar-refractivity contribution in [1.82, 2.24) is 10.2 Å². The van der Waals surface area contributed by atoms with Crippen LogP contribution >= 0.6 is 0 Å². The topological polar surface area (TPSA) is 122 Å². The minimum atomic E-state index is -0.212. The first-order valence-corrected chi connectivity index (χ1v) is 13.7. The summed E-state index contributed by atoms with van der Waals surface area (Å²) in [6, 6.07) is 22.6. The molecule has 1 aliphatic carbocycles. The average molecular weight is 537 g/mol. The van der Waals surface area contributed by atoms with Gasteiger partial charge in [-0.1, -0.05) is 0 Å². The van der Waals surface area contributed by atoms with Gasteiger partial charge in [0.15, 0.2) is 5.69 Å². The van der Waals surface area contributed by atoms with Gasteiger partial charge in [-0.3, -0.25) is 14.7 Å². The molecule has 9 heteroatoms. The summed E-state index contributed by atoms with van der Waals surface area (Å²) in [6.45, 7) is 1.64. The molecule has 204 valence electrons. The zero-order valence-corrected chi connectivity index (χ0v) is 22.1. The molecule has 2 aliphatic rings. The molecule has 0 saturated carbocycles. The number of aromatic nitrogens is 2. The van der Waals surface area contributed by atoms with Crippen LogP contribution in [0.4, 0.5) is 28.4 Å². The number of H-pyrrole nitrogens is 1. The summed E-state index contributed by atoms with van der Waals surface area (Å²) < 4.78 is 0. The molecule has 40 heavy (non-hydrogen) atoms. The van der Waals surface area contributed by atoms with Crippen molar-refractivity contribution in [3.8, 4) is 0 Å². The molecule has 2 heterocycles. The minimum Gasteiger partial charge on any atom is -0.393 e. The van der Waals surface area contributed by atoms with Crippen molar-refractivity contribution in [2.24, 2.45) is 0 Å². The molecule has 1 fully saturated rings. The van der Waals surface area contributed by atoms with Crippen LogP contribution in [0.15, 0.2) is 72.8 Å². The lowest BCUT2D eigenvalue weighted by Gasteiger charge is -2.31. The van der Waals surface area contributed by atoms with Gasteiger partial charge in [-0.05, 0) is 105 Å². The van der Waals surface area contributed by atoms with Gasteiger partial charge in [-0.25, -0.2) is 0 Å². The molecule has 3 aromatic carbocycles. The average Bonchev–Trinajstić information content (AvgIpc) is 3.60. The van der Waals surface area contributed by atoms with Crippen LogP contribution in [0.3, 0.4) is 0 Å². The van der Waals surface area contributed by atoms with E-state index in [9.17, 15) is 14.7 Å². The fourth-order valence-electron chi connectivity index (χ4n) is 5.29. The number of aliphatic hydroxyl groups excluding tert-OH is 1. The number of fused-ring (bicyclic) bond motifs is 1. The predicted molar refractivity (Wildman–Crippen MR) is 157 cm³/mol. The Kier molecular flexibility index (Phi) is 7.20. The predicted octanol–water partition coefficient (Wildman–Crippen LogP) is 5.11. The third kappa shape index (κ3) is 5.69. The van der Waals surface area contributed by atoms with Crippen molar-refractivity contribution in [2.45, 2.75) is 38.2 Å². The van der Waals surface area contributed by atoms with Crippen LogP contribution in [0, 0.1) is 0 Å². The van der Waals surface area contributed by atoms with Crippen molar-refractivity contribution < 1.29 is 14.7 Å². The number of aliphatic hydroxyl groups is 1. The Labute approximate surface area is 232 Å². The highest BCUT2D eigenvalue weighted by Gasteiger charge is 2.23. The summed E-state index contributed by atoms with van der Waals surface area (Å²) in [5, 5.41) is 26.1. The van der Waals surface area contributed by atoms with E-state index in [4.69, 9.17) is 0 Å². The van der Waals surface area contributed by atoms with Crippen LogP contribution in [0.5, 0.6) is 0 Å². The number of amides is 2. The van der Waals surface area contributed by atoms with Gasteiger partial charge in [-0.15, -0.1) is 0 Å². The molecule has 0 spiro atoms. The highest BCUT2D eigenvalue weighted by atomic mass is 16.3. The van der Waals surface area contributed by atoms with Gasteiger partial charge in [0, 0.05) is 58.3 Å². The maximum atomic E-state index is 12.8. The number of carbonyl (C=O) groups is 2. The zero-order chi connectivity index (χ0) is 27.5. The lowest BCUT2D eigenvalue weighted by atomic mass is 10.1.